The molecule has 0 fully saturated rings. The lowest BCUT2D eigenvalue weighted by atomic mass is 9.82. The smallest absolute Gasteiger partial charge is 0.0794 e. The van der Waals surface area contributed by atoms with Gasteiger partial charge in [-0.15, -0.1) is 0 Å². The third kappa shape index (κ3) is 4.20. The molecule has 0 saturated heterocycles. The van der Waals surface area contributed by atoms with Crippen LogP contribution in [0, 0.1) is 0 Å². The van der Waals surface area contributed by atoms with Crippen LogP contribution in [-0.2, 0) is 0 Å². The highest BCUT2D eigenvalue weighted by Crippen LogP contribution is 2.49. The quantitative estimate of drug-likeness (QED) is 0.136. The first-order valence-electron chi connectivity index (χ1n) is 18.0. The molecule has 0 unspecified atom stereocenters. The van der Waals surface area contributed by atoms with Crippen molar-refractivity contribution in [3.8, 4) is 33.5 Å². The Hall–Kier alpha value is -6.83. The zero-order valence-electron chi connectivity index (χ0n) is 28.3. The van der Waals surface area contributed by atoms with Gasteiger partial charge in [0.2, 0.25) is 0 Å². The molecule has 240 valence electrons. The standard InChI is InChI=1S/C51H31N/c1-2-17-34(18-3-1)50-46-31-45(37-22-8-9-23-39(37)49(46)44-30-29-33-16-5-7-21-36(33)51(44)52-50)48-42-26-12-10-24-40(42)47(41-25-11-13-27-43(41)48)38-28-14-19-32-15-4-6-20-35(32)38/h1-31H. The van der Waals surface area contributed by atoms with Gasteiger partial charge in [-0.1, -0.05) is 182 Å². The maximum Gasteiger partial charge on any atom is 0.0794 e. The van der Waals surface area contributed by atoms with Crippen LogP contribution in [0.2, 0.25) is 0 Å². The molecule has 0 aliphatic carbocycles. The fraction of sp³-hybridized carbons (Fsp3) is 0. The summed E-state index contributed by atoms with van der Waals surface area (Å²) in [7, 11) is 0. The number of benzene rings is 10. The summed E-state index contributed by atoms with van der Waals surface area (Å²) in [6, 6.07) is 68.7. The molecule has 10 aromatic carbocycles. The third-order valence-corrected chi connectivity index (χ3v) is 11.0. The van der Waals surface area contributed by atoms with E-state index in [0.29, 0.717) is 0 Å². The Labute approximate surface area is 301 Å². The lowest BCUT2D eigenvalue weighted by Crippen LogP contribution is -1.95. The number of hydrogen-bond acceptors (Lipinski definition) is 1. The van der Waals surface area contributed by atoms with Gasteiger partial charge in [0.05, 0.1) is 11.2 Å². The Morgan fingerprint density at radius 2 is 0.788 bits per heavy atom. The molecule has 1 heterocycles. The molecule has 1 heteroatoms. The predicted molar refractivity (Wildman–Crippen MR) is 223 cm³/mol. The largest absolute Gasteiger partial charge is 0.246 e. The molecule has 0 spiro atoms. The molecule has 0 bridgehead atoms. The number of pyridine rings is 1. The molecule has 11 aromatic rings. The van der Waals surface area contributed by atoms with E-state index < -0.39 is 0 Å². The molecule has 0 radical (unpaired) electrons. The monoisotopic (exact) mass is 657 g/mol. The number of hydrogen-bond donors (Lipinski definition) is 0. The van der Waals surface area contributed by atoms with E-state index in [1.807, 2.05) is 0 Å². The van der Waals surface area contributed by atoms with Gasteiger partial charge in [0.1, 0.15) is 0 Å². The summed E-state index contributed by atoms with van der Waals surface area (Å²) in [6.45, 7) is 0. The van der Waals surface area contributed by atoms with Crippen molar-refractivity contribution in [3.05, 3.63) is 188 Å². The van der Waals surface area contributed by atoms with Crippen LogP contribution in [0.4, 0.5) is 0 Å². The zero-order chi connectivity index (χ0) is 34.2. The van der Waals surface area contributed by atoms with Gasteiger partial charge in [0, 0.05) is 27.1 Å². The molecule has 0 atom stereocenters. The fourth-order valence-electron chi connectivity index (χ4n) is 8.78. The van der Waals surface area contributed by atoms with Gasteiger partial charge in [0.25, 0.3) is 0 Å². The Morgan fingerprint density at radius 3 is 1.46 bits per heavy atom. The molecular formula is C51H31N. The molecule has 0 aliphatic heterocycles. The molecule has 0 saturated carbocycles. The van der Waals surface area contributed by atoms with E-state index >= 15 is 0 Å². The van der Waals surface area contributed by atoms with Gasteiger partial charge in [-0.25, -0.2) is 4.98 Å². The summed E-state index contributed by atoms with van der Waals surface area (Å²) in [5.74, 6) is 0. The molecule has 1 nitrogen and oxygen atoms in total. The average Bonchev–Trinajstić information content (AvgIpc) is 3.22. The molecule has 1 aromatic heterocycles. The first-order valence-corrected chi connectivity index (χ1v) is 18.0. The van der Waals surface area contributed by atoms with Crippen LogP contribution < -0.4 is 0 Å². The van der Waals surface area contributed by atoms with Crippen molar-refractivity contribution in [2.75, 3.05) is 0 Å². The van der Waals surface area contributed by atoms with Gasteiger partial charge in [0.15, 0.2) is 0 Å². The Morgan fingerprint density at radius 1 is 0.288 bits per heavy atom. The SMILES string of the molecule is c1ccc(-c2nc3c4ccccc4ccc3c3c2cc(-c2c4ccccc4c(-c4cccc5ccccc45)c4ccccc24)c2ccccc23)cc1. The number of fused-ring (bicyclic) bond motifs is 10. The second kappa shape index (κ2) is 11.3. The lowest BCUT2D eigenvalue weighted by Gasteiger charge is -2.21. The van der Waals surface area contributed by atoms with Crippen LogP contribution in [0.3, 0.4) is 0 Å². The highest BCUT2D eigenvalue weighted by atomic mass is 14.7. The van der Waals surface area contributed by atoms with Crippen molar-refractivity contribution < 1.29 is 0 Å². The average molecular weight is 658 g/mol. The minimum atomic E-state index is 1.01. The summed E-state index contributed by atoms with van der Waals surface area (Å²) in [6.07, 6.45) is 0. The van der Waals surface area contributed by atoms with E-state index in [-0.39, 0.29) is 0 Å². The summed E-state index contributed by atoms with van der Waals surface area (Å²) in [5, 5.41) is 15.9. The van der Waals surface area contributed by atoms with Crippen molar-refractivity contribution in [2.24, 2.45) is 0 Å². The highest BCUT2D eigenvalue weighted by molar-refractivity contribution is 6.31. The maximum atomic E-state index is 5.55. The van der Waals surface area contributed by atoms with E-state index in [1.54, 1.807) is 0 Å². The molecule has 11 rings (SSSR count). The van der Waals surface area contributed by atoms with E-state index in [2.05, 4.69) is 188 Å². The molecule has 52 heavy (non-hydrogen) atoms. The van der Waals surface area contributed by atoms with Crippen LogP contribution in [0.15, 0.2) is 188 Å². The number of aromatic nitrogens is 1. The van der Waals surface area contributed by atoms with Crippen molar-refractivity contribution in [2.45, 2.75) is 0 Å². The fourth-order valence-corrected chi connectivity index (χ4v) is 8.78. The van der Waals surface area contributed by atoms with Gasteiger partial charge in [-0.3, -0.25) is 0 Å². The van der Waals surface area contributed by atoms with Crippen LogP contribution in [-0.4, -0.2) is 4.98 Å². The van der Waals surface area contributed by atoms with E-state index in [9.17, 15) is 0 Å². The van der Waals surface area contributed by atoms with Crippen LogP contribution in [0.5, 0.6) is 0 Å². The van der Waals surface area contributed by atoms with Crippen molar-refractivity contribution in [1.82, 2.24) is 4.98 Å². The minimum absolute atomic E-state index is 1.01. The van der Waals surface area contributed by atoms with Crippen molar-refractivity contribution in [1.29, 1.82) is 0 Å². The second-order valence-electron chi connectivity index (χ2n) is 13.8. The zero-order valence-corrected chi connectivity index (χ0v) is 28.3. The van der Waals surface area contributed by atoms with Gasteiger partial charge < -0.3 is 0 Å². The Bertz CT molecular complexity index is 3170. The molecular weight excluding hydrogens is 627 g/mol. The summed E-state index contributed by atoms with van der Waals surface area (Å²) in [5.41, 5.74) is 8.18. The summed E-state index contributed by atoms with van der Waals surface area (Å²) < 4.78 is 0. The first-order chi connectivity index (χ1) is 25.8. The predicted octanol–water partition coefficient (Wildman–Crippen LogP) is 14.2. The van der Waals surface area contributed by atoms with Crippen LogP contribution in [0.1, 0.15) is 0 Å². The van der Waals surface area contributed by atoms with Crippen molar-refractivity contribution >= 4 is 75.5 Å². The number of rotatable bonds is 3. The van der Waals surface area contributed by atoms with Crippen molar-refractivity contribution in [3.63, 3.8) is 0 Å². The van der Waals surface area contributed by atoms with Gasteiger partial charge >= 0.3 is 0 Å². The molecule has 0 aliphatic rings. The first kappa shape index (κ1) is 29.0. The second-order valence-corrected chi connectivity index (χ2v) is 13.8. The Kier molecular flexibility index (Phi) is 6.32. The normalized spacial score (nSPS) is 11.8. The summed E-state index contributed by atoms with van der Waals surface area (Å²) in [4.78, 5) is 5.55. The summed E-state index contributed by atoms with van der Waals surface area (Å²) >= 11 is 0. The van der Waals surface area contributed by atoms with E-state index in [1.165, 1.54) is 86.9 Å². The maximum absolute atomic E-state index is 5.55. The molecule has 0 amide bonds. The number of nitrogens with zero attached hydrogens (tertiary/aromatic N) is 1. The van der Waals surface area contributed by atoms with Crippen LogP contribution in [0.25, 0.3) is 109 Å². The van der Waals surface area contributed by atoms with E-state index in [0.717, 1.165) is 22.2 Å². The molecule has 0 N–H and O–H groups in total. The lowest BCUT2D eigenvalue weighted by molar-refractivity contribution is 1.44. The van der Waals surface area contributed by atoms with Crippen LogP contribution >= 0.6 is 0 Å². The van der Waals surface area contributed by atoms with Gasteiger partial charge in [-0.2, -0.15) is 0 Å². The van der Waals surface area contributed by atoms with E-state index in [4.69, 9.17) is 4.98 Å². The highest BCUT2D eigenvalue weighted by Gasteiger charge is 2.22. The minimum Gasteiger partial charge on any atom is -0.246 e. The van der Waals surface area contributed by atoms with Gasteiger partial charge in [-0.05, 0) is 76.8 Å². The Balaban J connectivity index is 1.34. The third-order valence-electron chi connectivity index (χ3n) is 11.0. The topological polar surface area (TPSA) is 12.9 Å².